The third kappa shape index (κ3) is 17.2. The fourth-order valence-electron chi connectivity index (χ4n) is 1.68. The minimum atomic E-state index is 0.106. The minimum absolute atomic E-state index is 0.106. The zero-order valence-electron chi connectivity index (χ0n) is 13.6. The molecule has 0 spiro atoms. The van der Waals surface area contributed by atoms with E-state index in [0.29, 0.717) is 25.6 Å². The molecule has 0 aliphatic rings. The summed E-state index contributed by atoms with van der Waals surface area (Å²) in [7, 11) is 0. The first-order valence-corrected chi connectivity index (χ1v) is 7.99. The normalized spacial score (nSPS) is 11.0. The smallest absolute Gasteiger partial charge is 0.221 e. The first kappa shape index (κ1) is 20.3. The number of carbonyl (C=O) groups excluding carboxylic acids is 1. The van der Waals surface area contributed by atoms with Crippen molar-refractivity contribution in [3.05, 3.63) is 0 Å². The number of nitrogens with one attached hydrogen (secondary N) is 5. The summed E-state index contributed by atoms with van der Waals surface area (Å²) >= 11 is 0. The van der Waals surface area contributed by atoms with Crippen molar-refractivity contribution in [2.75, 3.05) is 58.9 Å². The molecular weight excluding hydrogens is 268 g/mol. The van der Waals surface area contributed by atoms with Crippen molar-refractivity contribution in [1.29, 1.82) is 0 Å². The van der Waals surface area contributed by atoms with Crippen molar-refractivity contribution in [2.24, 2.45) is 5.73 Å². The van der Waals surface area contributed by atoms with Crippen LogP contribution in [0, 0.1) is 0 Å². The van der Waals surface area contributed by atoms with Crippen molar-refractivity contribution in [3.8, 4) is 0 Å². The van der Waals surface area contributed by atoms with Gasteiger partial charge in [0.2, 0.25) is 5.91 Å². The molecule has 0 heterocycles. The lowest BCUT2D eigenvalue weighted by molar-refractivity contribution is -0.120. The van der Waals surface area contributed by atoms with Gasteiger partial charge in [0.1, 0.15) is 0 Å². The lowest BCUT2D eigenvalue weighted by Crippen LogP contribution is -2.37. The fourth-order valence-corrected chi connectivity index (χ4v) is 1.68. The molecule has 0 radical (unpaired) electrons. The van der Waals surface area contributed by atoms with Gasteiger partial charge in [0.05, 0.1) is 0 Å². The molecule has 21 heavy (non-hydrogen) atoms. The van der Waals surface area contributed by atoms with Gasteiger partial charge in [-0.1, -0.05) is 13.8 Å². The van der Waals surface area contributed by atoms with Gasteiger partial charge in [0.15, 0.2) is 0 Å². The van der Waals surface area contributed by atoms with Crippen molar-refractivity contribution in [1.82, 2.24) is 26.6 Å². The maximum absolute atomic E-state index is 11.5. The third-order valence-electron chi connectivity index (χ3n) is 2.81. The molecule has 0 aliphatic carbocycles. The summed E-state index contributed by atoms with van der Waals surface area (Å²) in [5, 5.41) is 15.9. The molecule has 0 rings (SSSR count). The van der Waals surface area contributed by atoms with Crippen LogP contribution in [-0.2, 0) is 4.79 Å². The summed E-state index contributed by atoms with van der Waals surface area (Å²) in [5.74, 6) is 0.106. The van der Waals surface area contributed by atoms with E-state index in [2.05, 4.69) is 40.4 Å². The Hall–Kier alpha value is -0.730. The van der Waals surface area contributed by atoms with E-state index >= 15 is 0 Å². The van der Waals surface area contributed by atoms with Crippen LogP contribution in [0.15, 0.2) is 0 Å². The van der Waals surface area contributed by atoms with E-state index in [9.17, 15) is 4.79 Å². The molecular formula is C14H34N6O. The van der Waals surface area contributed by atoms with Gasteiger partial charge in [-0.2, -0.15) is 0 Å². The molecule has 0 aromatic carbocycles. The van der Waals surface area contributed by atoms with Gasteiger partial charge in [-0.05, 0) is 0 Å². The van der Waals surface area contributed by atoms with Crippen molar-refractivity contribution in [2.45, 2.75) is 26.3 Å². The molecule has 7 N–H and O–H groups in total. The number of hydrogen-bond donors (Lipinski definition) is 6. The molecule has 0 aromatic heterocycles. The number of hydrogen-bond acceptors (Lipinski definition) is 6. The molecule has 126 valence electrons. The summed E-state index contributed by atoms with van der Waals surface area (Å²) in [5.41, 5.74) is 5.37. The SMILES string of the molecule is CC(C)NCCC(=O)NCCNCCNCCNCCN. The standard InChI is InChI=1S/C14H34N6O/c1-13(2)19-5-3-14(21)20-12-11-18-10-9-17-8-7-16-6-4-15/h13,16-19H,3-12,15H2,1-2H3,(H,20,21). The van der Waals surface area contributed by atoms with Crippen LogP contribution in [0.2, 0.25) is 0 Å². The van der Waals surface area contributed by atoms with E-state index in [1.165, 1.54) is 0 Å². The first-order chi connectivity index (χ1) is 10.2. The Morgan fingerprint density at radius 2 is 1.38 bits per heavy atom. The fraction of sp³-hybridized carbons (Fsp3) is 0.929. The largest absolute Gasteiger partial charge is 0.355 e. The highest BCUT2D eigenvalue weighted by Gasteiger charge is 2.00. The average Bonchev–Trinajstić information content (AvgIpc) is 2.44. The van der Waals surface area contributed by atoms with Crippen molar-refractivity contribution in [3.63, 3.8) is 0 Å². The number of amides is 1. The zero-order chi connectivity index (χ0) is 15.8. The Bertz CT molecular complexity index is 238. The van der Waals surface area contributed by atoms with E-state index in [1.807, 2.05) is 0 Å². The summed E-state index contributed by atoms with van der Waals surface area (Å²) in [4.78, 5) is 11.5. The van der Waals surface area contributed by atoms with Crippen LogP contribution >= 0.6 is 0 Å². The second kappa shape index (κ2) is 15.7. The molecule has 1 amide bonds. The predicted molar refractivity (Wildman–Crippen MR) is 88.4 cm³/mol. The van der Waals surface area contributed by atoms with Crippen LogP contribution in [0.25, 0.3) is 0 Å². The monoisotopic (exact) mass is 302 g/mol. The first-order valence-electron chi connectivity index (χ1n) is 7.99. The van der Waals surface area contributed by atoms with Gasteiger partial charge in [-0.15, -0.1) is 0 Å². The highest BCUT2D eigenvalue weighted by molar-refractivity contribution is 5.76. The molecule has 7 nitrogen and oxygen atoms in total. The maximum Gasteiger partial charge on any atom is 0.221 e. The molecule has 0 bridgehead atoms. The van der Waals surface area contributed by atoms with E-state index in [-0.39, 0.29) is 5.91 Å². The van der Waals surface area contributed by atoms with Crippen molar-refractivity contribution < 1.29 is 4.79 Å². The van der Waals surface area contributed by atoms with Gasteiger partial charge in [-0.25, -0.2) is 0 Å². The van der Waals surface area contributed by atoms with E-state index < -0.39 is 0 Å². The molecule has 0 saturated heterocycles. The second-order valence-corrected chi connectivity index (χ2v) is 5.25. The number of nitrogens with two attached hydrogens (primary N) is 1. The van der Waals surface area contributed by atoms with E-state index in [4.69, 9.17) is 5.73 Å². The molecule has 0 aromatic rings. The highest BCUT2D eigenvalue weighted by Crippen LogP contribution is 1.80. The molecule has 0 aliphatic heterocycles. The lowest BCUT2D eigenvalue weighted by atomic mass is 10.3. The van der Waals surface area contributed by atoms with Gasteiger partial charge in [-0.3, -0.25) is 4.79 Å². The Balaban J connectivity index is 3.12. The summed E-state index contributed by atoms with van der Waals surface area (Å²) in [6.45, 7) is 11.6. The van der Waals surface area contributed by atoms with Crippen LogP contribution in [0.1, 0.15) is 20.3 Å². The van der Waals surface area contributed by atoms with Gasteiger partial charge in [0.25, 0.3) is 0 Å². The van der Waals surface area contributed by atoms with Crippen LogP contribution in [-0.4, -0.2) is 70.9 Å². The van der Waals surface area contributed by atoms with Crippen LogP contribution in [0.4, 0.5) is 0 Å². The zero-order valence-corrected chi connectivity index (χ0v) is 13.6. The van der Waals surface area contributed by atoms with Crippen molar-refractivity contribution >= 4 is 5.91 Å². The summed E-state index contributed by atoms with van der Waals surface area (Å²) < 4.78 is 0. The molecule has 0 saturated carbocycles. The van der Waals surface area contributed by atoms with Crippen LogP contribution in [0.5, 0.6) is 0 Å². The van der Waals surface area contributed by atoms with Gasteiger partial charge >= 0.3 is 0 Å². The van der Waals surface area contributed by atoms with Crippen LogP contribution in [0.3, 0.4) is 0 Å². The summed E-state index contributed by atoms with van der Waals surface area (Å²) in [6, 6.07) is 0.428. The quantitative estimate of drug-likeness (QED) is 0.200. The third-order valence-corrected chi connectivity index (χ3v) is 2.81. The van der Waals surface area contributed by atoms with E-state index in [1.54, 1.807) is 0 Å². The Labute approximate surface area is 129 Å². The molecule has 0 atom stereocenters. The molecule has 7 heteroatoms. The lowest BCUT2D eigenvalue weighted by Gasteiger charge is -2.09. The second-order valence-electron chi connectivity index (χ2n) is 5.25. The van der Waals surface area contributed by atoms with E-state index in [0.717, 1.165) is 45.8 Å². The van der Waals surface area contributed by atoms with Gasteiger partial charge < -0.3 is 32.3 Å². The Morgan fingerprint density at radius 1 is 0.857 bits per heavy atom. The Kier molecular flexibility index (Phi) is 15.1. The Morgan fingerprint density at radius 3 is 1.90 bits per heavy atom. The minimum Gasteiger partial charge on any atom is -0.355 e. The van der Waals surface area contributed by atoms with Crippen LogP contribution < -0.4 is 32.3 Å². The highest BCUT2D eigenvalue weighted by atomic mass is 16.1. The predicted octanol–water partition coefficient (Wildman–Crippen LogP) is -1.78. The average molecular weight is 302 g/mol. The topological polar surface area (TPSA) is 103 Å². The number of carbonyl (C=O) groups is 1. The number of rotatable bonds is 15. The molecule has 0 unspecified atom stereocenters. The summed E-state index contributed by atoms with van der Waals surface area (Å²) in [6.07, 6.45) is 0.537. The molecule has 0 fully saturated rings. The maximum atomic E-state index is 11.5. The van der Waals surface area contributed by atoms with Gasteiger partial charge in [0, 0.05) is 71.4 Å².